The topological polar surface area (TPSA) is 65.6 Å². The van der Waals surface area contributed by atoms with E-state index in [2.05, 4.69) is 42.2 Å². The number of amides is 2. The maximum Gasteiger partial charge on any atom is 0.246 e. The highest BCUT2D eigenvalue weighted by molar-refractivity contribution is 5.97. The maximum absolute atomic E-state index is 13.6. The molecule has 0 saturated carbocycles. The van der Waals surface area contributed by atoms with E-state index in [1.165, 1.54) is 0 Å². The van der Waals surface area contributed by atoms with E-state index < -0.39 is 6.04 Å². The van der Waals surface area contributed by atoms with Gasteiger partial charge in [-0.3, -0.25) is 9.59 Å². The predicted octanol–water partition coefficient (Wildman–Crippen LogP) is 3.98. The average Bonchev–Trinajstić information content (AvgIpc) is 3.16. The monoisotopic (exact) mass is 445 g/mol. The smallest absolute Gasteiger partial charge is 0.246 e. The van der Waals surface area contributed by atoms with Crippen LogP contribution < -0.4 is 0 Å². The molecular weight excluding hydrogens is 414 g/mol. The molecule has 2 aliphatic rings. The molecule has 1 N–H and O–H groups in total. The first kappa shape index (κ1) is 21.7. The van der Waals surface area contributed by atoms with E-state index in [1.54, 1.807) is 4.90 Å². The molecule has 0 spiro atoms. The summed E-state index contributed by atoms with van der Waals surface area (Å²) in [4.78, 5) is 34.3. The van der Waals surface area contributed by atoms with Crippen LogP contribution in [0.4, 0.5) is 0 Å². The number of carbonyl (C=O) groups is 2. The summed E-state index contributed by atoms with van der Waals surface area (Å²) in [6, 6.07) is 15.7. The van der Waals surface area contributed by atoms with Gasteiger partial charge in [0.25, 0.3) is 0 Å². The second-order valence-corrected chi connectivity index (χ2v) is 9.43. The van der Waals surface area contributed by atoms with E-state index in [4.69, 9.17) is 4.74 Å². The van der Waals surface area contributed by atoms with Crippen LogP contribution in [0.2, 0.25) is 0 Å². The first-order valence-electron chi connectivity index (χ1n) is 11.8. The number of aromatic nitrogens is 1. The lowest BCUT2D eigenvalue weighted by Crippen LogP contribution is -2.63. The summed E-state index contributed by atoms with van der Waals surface area (Å²) in [6.07, 6.45) is 1.42. The number of rotatable bonds is 6. The minimum atomic E-state index is -0.491. The van der Waals surface area contributed by atoms with Crippen molar-refractivity contribution in [2.75, 3.05) is 19.7 Å². The number of hydrogen-bond acceptors (Lipinski definition) is 3. The van der Waals surface area contributed by atoms with Gasteiger partial charge in [-0.2, -0.15) is 0 Å². The van der Waals surface area contributed by atoms with Gasteiger partial charge < -0.3 is 19.5 Å². The van der Waals surface area contributed by atoms with Crippen molar-refractivity contribution < 1.29 is 14.3 Å². The molecule has 1 aromatic heterocycles. The van der Waals surface area contributed by atoms with Gasteiger partial charge in [-0.1, -0.05) is 48.0 Å². The van der Waals surface area contributed by atoms with Crippen LogP contribution in [-0.2, 0) is 20.7 Å². The highest BCUT2D eigenvalue weighted by Crippen LogP contribution is 2.42. The van der Waals surface area contributed by atoms with Gasteiger partial charge in [0.1, 0.15) is 6.04 Å². The molecule has 2 aliphatic heterocycles. The fourth-order valence-corrected chi connectivity index (χ4v) is 5.27. The molecule has 33 heavy (non-hydrogen) atoms. The van der Waals surface area contributed by atoms with Gasteiger partial charge in [0, 0.05) is 36.2 Å². The number of benzene rings is 2. The highest BCUT2D eigenvalue weighted by Gasteiger charge is 2.48. The second-order valence-electron chi connectivity index (χ2n) is 9.43. The van der Waals surface area contributed by atoms with E-state index in [9.17, 15) is 9.59 Å². The lowest BCUT2D eigenvalue weighted by Gasteiger charge is -2.47. The number of ether oxygens (including phenoxy) is 1. The lowest BCUT2D eigenvalue weighted by atomic mass is 9.86. The minimum Gasteiger partial charge on any atom is -0.379 e. The van der Waals surface area contributed by atoms with Crippen LogP contribution in [0.3, 0.4) is 0 Å². The number of aryl methyl sites for hydroxylation is 1. The third-order valence-corrected chi connectivity index (χ3v) is 6.72. The fraction of sp³-hybridized carbons (Fsp3) is 0.407. The Hall–Kier alpha value is -3.12. The molecular formula is C27H31N3O3. The number of hydrogen-bond donors (Lipinski definition) is 1. The van der Waals surface area contributed by atoms with Crippen molar-refractivity contribution in [2.24, 2.45) is 0 Å². The Morgan fingerprint density at radius 3 is 2.73 bits per heavy atom. The molecule has 6 nitrogen and oxygen atoms in total. The van der Waals surface area contributed by atoms with Gasteiger partial charge in [0.05, 0.1) is 18.7 Å². The summed E-state index contributed by atoms with van der Waals surface area (Å²) >= 11 is 0. The number of H-pyrrole nitrogens is 1. The summed E-state index contributed by atoms with van der Waals surface area (Å²) in [6.45, 7) is 7.30. The number of para-hydroxylation sites is 1. The largest absolute Gasteiger partial charge is 0.379 e. The van der Waals surface area contributed by atoms with Gasteiger partial charge >= 0.3 is 0 Å². The molecule has 6 heteroatoms. The maximum atomic E-state index is 13.6. The van der Waals surface area contributed by atoms with E-state index in [-0.39, 0.29) is 30.5 Å². The fourth-order valence-electron chi connectivity index (χ4n) is 5.27. The molecule has 2 amide bonds. The van der Waals surface area contributed by atoms with Crippen LogP contribution in [0, 0.1) is 6.92 Å². The van der Waals surface area contributed by atoms with Gasteiger partial charge in [-0.05, 0) is 44.4 Å². The normalized spacial score (nSPS) is 20.5. The Balaban J connectivity index is 1.53. The van der Waals surface area contributed by atoms with Crippen molar-refractivity contribution in [2.45, 2.75) is 51.8 Å². The van der Waals surface area contributed by atoms with Crippen molar-refractivity contribution >= 4 is 22.7 Å². The minimum absolute atomic E-state index is 0.000176. The second kappa shape index (κ2) is 8.67. The Morgan fingerprint density at radius 1 is 1.12 bits per heavy atom. The van der Waals surface area contributed by atoms with Gasteiger partial charge in [0.2, 0.25) is 11.8 Å². The summed E-state index contributed by atoms with van der Waals surface area (Å²) in [5.41, 5.74) is 5.38. The summed E-state index contributed by atoms with van der Waals surface area (Å²) in [7, 11) is 0. The molecule has 0 unspecified atom stereocenters. The molecule has 1 saturated heterocycles. The number of piperazine rings is 1. The average molecular weight is 446 g/mol. The highest BCUT2D eigenvalue weighted by atomic mass is 16.5. The molecule has 172 valence electrons. The number of nitrogens with one attached hydrogen (secondary N) is 1. The van der Waals surface area contributed by atoms with Crippen LogP contribution in [0.1, 0.15) is 48.7 Å². The van der Waals surface area contributed by atoms with Crippen molar-refractivity contribution in [3.63, 3.8) is 0 Å². The van der Waals surface area contributed by atoms with Crippen molar-refractivity contribution in [1.82, 2.24) is 14.8 Å². The molecule has 0 bridgehead atoms. The zero-order chi connectivity index (χ0) is 23.1. The molecule has 3 heterocycles. The van der Waals surface area contributed by atoms with Crippen LogP contribution in [0.15, 0.2) is 48.5 Å². The Kier molecular flexibility index (Phi) is 5.71. The van der Waals surface area contributed by atoms with Gasteiger partial charge in [0.15, 0.2) is 0 Å². The molecule has 2 atom stereocenters. The zero-order valence-corrected chi connectivity index (χ0v) is 19.5. The van der Waals surface area contributed by atoms with Gasteiger partial charge in [-0.25, -0.2) is 0 Å². The number of fused-ring (bicyclic) bond motifs is 4. The van der Waals surface area contributed by atoms with Crippen LogP contribution >= 0.6 is 0 Å². The number of nitrogens with zero attached hydrogens (tertiary/aromatic N) is 2. The zero-order valence-electron chi connectivity index (χ0n) is 19.5. The third kappa shape index (κ3) is 3.93. The quantitative estimate of drug-likeness (QED) is 0.584. The predicted molar refractivity (Wildman–Crippen MR) is 128 cm³/mol. The Morgan fingerprint density at radius 2 is 1.94 bits per heavy atom. The molecule has 3 aromatic rings. The van der Waals surface area contributed by atoms with E-state index in [0.29, 0.717) is 19.6 Å². The molecule has 5 rings (SSSR count). The van der Waals surface area contributed by atoms with Crippen molar-refractivity contribution in [3.05, 3.63) is 70.9 Å². The van der Waals surface area contributed by atoms with Crippen LogP contribution in [0.25, 0.3) is 10.9 Å². The van der Waals surface area contributed by atoms with E-state index in [1.807, 2.05) is 36.9 Å². The Bertz CT molecular complexity index is 1200. The van der Waals surface area contributed by atoms with E-state index >= 15 is 0 Å². The Labute approximate surface area is 194 Å². The number of carbonyl (C=O) groups excluding carboxylic acids is 2. The number of aromatic amines is 1. The lowest BCUT2D eigenvalue weighted by molar-refractivity contribution is -0.158. The summed E-state index contributed by atoms with van der Waals surface area (Å²) in [5, 5.41) is 1.13. The SMILES string of the molecule is Cc1cccc([C@H]2c3[nH]c4ccccc4c3C[C@H]3C(=O)N(CCCOC(C)C)CC(=O)N23)c1. The summed E-state index contributed by atoms with van der Waals surface area (Å²) < 4.78 is 5.63. The standard InChI is InChI=1S/C27H31N3O3/c1-17(2)33-13-7-12-29-16-24(31)30-23(27(29)32)15-21-20-10-4-5-11-22(20)28-25(21)26(30)19-9-6-8-18(3)14-19/h4-6,8-11,14,17,23,26,28H,7,12-13,15-16H2,1-3H3/t23-,26-/m0/s1. The van der Waals surface area contributed by atoms with Crippen LogP contribution in [0.5, 0.6) is 0 Å². The van der Waals surface area contributed by atoms with Crippen molar-refractivity contribution in [3.8, 4) is 0 Å². The van der Waals surface area contributed by atoms with E-state index in [0.717, 1.165) is 39.7 Å². The van der Waals surface area contributed by atoms with Crippen LogP contribution in [-0.4, -0.2) is 58.4 Å². The van der Waals surface area contributed by atoms with Crippen molar-refractivity contribution in [1.29, 1.82) is 0 Å². The molecule has 2 aromatic carbocycles. The molecule has 0 radical (unpaired) electrons. The molecule has 0 aliphatic carbocycles. The van der Waals surface area contributed by atoms with Gasteiger partial charge in [-0.15, -0.1) is 0 Å². The first-order chi connectivity index (χ1) is 15.9. The first-order valence-corrected chi connectivity index (χ1v) is 11.8. The summed E-state index contributed by atoms with van der Waals surface area (Å²) in [5.74, 6) is 0.0351. The molecule has 1 fully saturated rings. The third-order valence-electron chi connectivity index (χ3n) is 6.72.